The van der Waals surface area contributed by atoms with E-state index in [4.69, 9.17) is 10.5 Å². The second-order valence-corrected chi connectivity index (χ2v) is 5.92. The van der Waals surface area contributed by atoms with Crippen LogP contribution in [0.15, 0.2) is 48.5 Å². The highest BCUT2D eigenvalue weighted by Gasteiger charge is 2.49. The van der Waals surface area contributed by atoms with Crippen LogP contribution in [0, 0.1) is 6.92 Å². The summed E-state index contributed by atoms with van der Waals surface area (Å²) in [7, 11) is 0. The molecule has 0 bridgehead atoms. The Hall–Kier alpha value is -1.84. The SMILES string of the molecule is Cc1ccccc1OC1c2ccccc2CC1(O)C(C)N. The third-order valence-corrected chi connectivity index (χ3v) is 4.39. The quantitative estimate of drug-likeness (QED) is 0.910. The van der Waals surface area contributed by atoms with E-state index in [1.54, 1.807) is 0 Å². The Morgan fingerprint density at radius 2 is 1.86 bits per heavy atom. The van der Waals surface area contributed by atoms with Crippen LogP contribution in [0.25, 0.3) is 0 Å². The Labute approximate surface area is 125 Å². The molecule has 0 saturated carbocycles. The molecule has 0 radical (unpaired) electrons. The number of ether oxygens (including phenoxy) is 1. The second kappa shape index (κ2) is 5.17. The Morgan fingerprint density at radius 3 is 2.57 bits per heavy atom. The van der Waals surface area contributed by atoms with Gasteiger partial charge in [-0.25, -0.2) is 0 Å². The molecule has 2 aromatic rings. The molecule has 0 saturated heterocycles. The van der Waals surface area contributed by atoms with Gasteiger partial charge in [0.1, 0.15) is 11.4 Å². The predicted octanol–water partition coefficient (Wildman–Crippen LogP) is 2.75. The number of aryl methyl sites for hydroxylation is 1. The molecular formula is C18H21NO2. The van der Waals surface area contributed by atoms with Crippen molar-refractivity contribution in [1.82, 2.24) is 0 Å². The van der Waals surface area contributed by atoms with Crippen molar-refractivity contribution in [2.45, 2.75) is 38.0 Å². The summed E-state index contributed by atoms with van der Waals surface area (Å²) in [6.45, 7) is 3.83. The van der Waals surface area contributed by atoms with Gasteiger partial charge in [0.05, 0.1) is 0 Å². The summed E-state index contributed by atoms with van der Waals surface area (Å²) in [5.74, 6) is 0.790. The fourth-order valence-electron chi connectivity index (χ4n) is 3.00. The molecule has 3 N–H and O–H groups in total. The lowest BCUT2D eigenvalue weighted by atomic mass is 9.90. The van der Waals surface area contributed by atoms with Gasteiger partial charge in [0.15, 0.2) is 6.10 Å². The van der Waals surface area contributed by atoms with Crippen LogP contribution in [0.4, 0.5) is 0 Å². The number of hydrogen-bond donors (Lipinski definition) is 2. The van der Waals surface area contributed by atoms with E-state index in [1.165, 1.54) is 0 Å². The molecule has 1 aliphatic rings. The van der Waals surface area contributed by atoms with Crippen molar-refractivity contribution in [3.63, 3.8) is 0 Å². The van der Waals surface area contributed by atoms with Crippen LogP contribution in [0.3, 0.4) is 0 Å². The van der Waals surface area contributed by atoms with Gasteiger partial charge >= 0.3 is 0 Å². The van der Waals surface area contributed by atoms with Gasteiger partial charge in [-0.2, -0.15) is 0 Å². The van der Waals surface area contributed by atoms with Gasteiger partial charge in [-0.15, -0.1) is 0 Å². The fourth-order valence-corrected chi connectivity index (χ4v) is 3.00. The molecule has 0 fully saturated rings. The van der Waals surface area contributed by atoms with E-state index in [0.717, 1.165) is 22.4 Å². The van der Waals surface area contributed by atoms with E-state index in [9.17, 15) is 5.11 Å². The molecule has 0 aliphatic heterocycles. The van der Waals surface area contributed by atoms with Gasteiger partial charge in [0, 0.05) is 12.5 Å². The molecule has 110 valence electrons. The highest BCUT2D eigenvalue weighted by molar-refractivity contribution is 5.41. The molecule has 3 heteroatoms. The van der Waals surface area contributed by atoms with Gasteiger partial charge in [0.2, 0.25) is 0 Å². The normalized spacial score (nSPS) is 25.4. The molecule has 0 heterocycles. The van der Waals surface area contributed by atoms with Crippen molar-refractivity contribution >= 4 is 0 Å². The highest BCUT2D eigenvalue weighted by atomic mass is 16.5. The number of rotatable bonds is 3. The van der Waals surface area contributed by atoms with E-state index in [2.05, 4.69) is 0 Å². The van der Waals surface area contributed by atoms with Crippen molar-refractivity contribution in [3.8, 4) is 5.75 Å². The maximum atomic E-state index is 11.1. The predicted molar refractivity (Wildman–Crippen MR) is 83.3 cm³/mol. The molecule has 3 rings (SSSR count). The summed E-state index contributed by atoms with van der Waals surface area (Å²) in [5, 5.41) is 11.1. The monoisotopic (exact) mass is 283 g/mol. The molecule has 21 heavy (non-hydrogen) atoms. The van der Waals surface area contributed by atoms with E-state index in [0.29, 0.717) is 6.42 Å². The number of hydrogen-bond acceptors (Lipinski definition) is 3. The zero-order valence-electron chi connectivity index (χ0n) is 12.4. The van der Waals surface area contributed by atoms with Crippen molar-refractivity contribution < 1.29 is 9.84 Å². The largest absolute Gasteiger partial charge is 0.482 e. The first-order chi connectivity index (χ1) is 10.0. The summed E-state index contributed by atoms with van der Waals surface area (Å²) in [6.07, 6.45) is 0.0898. The van der Waals surface area contributed by atoms with Gasteiger partial charge in [-0.3, -0.25) is 0 Å². The highest BCUT2D eigenvalue weighted by Crippen LogP contribution is 2.43. The lowest BCUT2D eigenvalue weighted by Gasteiger charge is -2.34. The summed E-state index contributed by atoms with van der Waals surface area (Å²) in [6, 6.07) is 15.5. The van der Waals surface area contributed by atoms with Crippen LogP contribution >= 0.6 is 0 Å². The van der Waals surface area contributed by atoms with Crippen molar-refractivity contribution in [1.29, 1.82) is 0 Å². The average Bonchev–Trinajstić information content (AvgIpc) is 2.75. The van der Waals surface area contributed by atoms with Crippen LogP contribution in [-0.4, -0.2) is 16.7 Å². The minimum atomic E-state index is -1.08. The maximum Gasteiger partial charge on any atom is 0.154 e. The van der Waals surface area contributed by atoms with E-state index in [1.807, 2.05) is 62.4 Å². The van der Waals surface area contributed by atoms with Crippen molar-refractivity contribution in [3.05, 3.63) is 65.2 Å². The van der Waals surface area contributed by atoms with Gasteiger partial charge in [-0.1, -0.05) is 42.5 Å². The number of nitrogens with two attached hydrogens (primary N) is 1. The van der Waals surface area contributed by atoms with Gasteiger partial charge in [0.25, 0.3) is 0 Å². The summed E-state index contributed by atoms with van der Waals surface area (Å²) >= 11 is 0. The van der Waals surface area contributed by atoms with Crippen LogP contribution in [-0.2, 0) is 6.42 Å². The fraction of sp³-hybridized carbons (Fsp3) is 0.333. The maximum absolute atomic E-state index is 11.1. The smallest absolute Gasteiger partial charge is 0.154 e. The number of aliphatic hydroxyl groups is 1. The first-order valence-corrected chi connectivity index (χ1v) is 7.30. The third kappa shape index (κ3) is 2.33. The van der Waals surface area contributed by atoms with Crippen LogP contribution in [0.2, 0.25) is 0 Å². The zero-order valence-corrected chi connectivity index (χ0v) is 12.4. The summed E-state index contributed by atoms with van der Waals surface area (Å²) in [4.78, 5) is 0. The minimum absolute atomic E-state index is 0.376. The molecular weight excluding hydrogens is 262 g/mol. The van der Waals surface area contributed by atoms with Crippen LogP contribution < -0.4 is 10.5 Å². The molecule has 3 unspecified atom stereocenters. The molecule has 0 amide bonds. The molecule has 2 aromatic carbocycles. The van der Waals surface area contributed by atoms with E-state index in [-0.39, 0.29) is 6.04 Å². The number of benzene rings is 2. The molecule has 3 atom stereocenters. The second-order valence-electron chi connectivity index (χ2n) is 5.92. The Kier molecular flexibility index (Phi) is 3.47. The van der Waals surface area contributed by atoms with Crippen LogP contribution in [0.1, 0.15) is 29.7 Å². The Bertz CT molecular complexity index is 653. The zero-order chi connectivity index (χ0) is 15.0. The van der Waals surface area contributed by atoms with E-state index < -0.39 is 11.7 Å². The lowest BCUT2D eigenvalue weighted by molar-refractivity contribution is -0.0656. The number of para-hydroxylation sites is 1. The third-order valence-electron chi connectivity index (χ3n) is 4.39. The summed E-state index contributed by atoms with van der Waals surface area (Å²) < 4.78 is 6.18. The molecule has 3 nitrogen and oxygen atoms in total. The first kappa shape index (κ1) is 14.1. The van der Waals surface area contributed by atoms with Crippen LogP contribution in [0.5, 0.6) is 5.75 Å². The summed E-state index contributed by atoms with van der Waals surface area (Å²) in [5.41, 5.74) is 8.17. The van der Waals surface area contributed by atoms with Crippen molar-refractivity contribution in [2.75, 3.05) is 0 Å². The Balaban J connectivity index is 2.02. The van der Waals surface area contributed by atoms with E-state index >= 15 is 0 Å². The topological polar surface area (TPSA) is 55.5 Å². The van der Waals surface area contributed by atoms with Crippen molar-refractivity contribution in [2.24, 2.45) is 5.73 Å². The molecule has 1 aliphatic carbocycles. The van der Waals surface area contributed by atoms with Gasteiger partial charge < -0.3 is 15.6 Å². The Morgan fingerprint density at radius 1 is 1.19 bits per heavy atom. The molecule has 0 aromatic heterocycles. The standard InChI is InChI=1S/C18H21NO2/c1-12-7-3-6-10-16(12)21-17-15-9-5-4-8-14(15)11-18(17,20)13(2)19/h3-10,13,17,20H,11,19H2,1-2H3. The van der Waals surface area contributed by atoms with Gasteiger partial charge in [-0.05, 0) is 36.6 Å². The molecule has 0 spiro atoms. The number of fused-ring (bicyclic) bond motifs is 1. The minimum Gasteiger partial charge on any atom is -0.482 e. The first-order valence-electron chi connectivity index (χ1n) is 7.30. The lowest BCUT2D eigenvalue weighted by Crippen LogP contribution is -2.51. The average molecular weight is 283 g/mol.